The van der Waals surface area contributed by atoms with Gasteiger partial charge in [0, 0.05) is 26.7 Å². The molecular weight excluding hydrogens is 230 g/mol. The third-order valence-corrected chi connectivity index (χ3v) is 3.30. The van der Waals surface area contributed by atoms with Gasteiger partial charge >= 0.3 is 5.97 Å². The summed E-state index contributed by atoms with van der Waals surface area (Å²) in [7, 11) is 3.22. The third kappa shape index (κ3) is 3.62. The van der Waals surface area contributed by atoms with Gasteiger partial charge in [0.25, 0.3) is 0 Å². The smallest absolute Gasteiger partial charge is 0.310 e. The summed E-state index contributed by atoms with van der Waals surface area (Å²) >= 11 is 0. The topological polar surface area (TPSA) is 53.9 Å². The Kier molecular flexibility index (Phi) is 5.44. The number of hydrogen-bond acceptors (Lipinski definition) is 3. The van der Waals surface area contributed by atoms with Gasteiger partial charge in [-0.3, -0.25) is 9.79 Å². The molecule has 0 spiro atoms. The van der Waals surface area contributed by atoms with Crippen LogP contribution in [-0.4, -0.2) is 50.6 Å². The number of likely N-dealkylation sites (tertiary alicyclic amines) is 1. The molecule has 0 radical (unpaired) electrons. The molecule has 0 aromatic heterocycles. The van der Waals surface area contributed by atoms with Gasteiger partial charge in [-0.1, -0.05) is 20.8 Å². The van der Waals surface area contributed by atoms with Crippen molar-refractivity contribution in [1.82, 2.24) is 10.2 Å². The minimum atomic E-state index is -0.121. The van der Waals surface area contributed by atoms with Crippen LogP contribution in [0.1, 0.15) is 20.8 Å². The van der Waals surface area contributed by atoms with Crippen molar-refractivity contribution >= 4 is 11.9 Å². The van der Waals surface area contributed by atoms with E-state index in [0.717, 1.165) is 19.0 Å². The van der Waals surface area contributed by atoms with Crippen LogP contribution in [0.3, 0.4) is 0 Å². The lowest BCUT2D eigenvalue weighted by atomic mass is 9.99. The molecule has 0 saturated carbocycles. The molecule has 1 saturated heterocycles. The van der Waals surface area contributed by atoms with Gasteiger partial charge in [0.05, 0.1) is 13.0 Å². The number of methoxy groups -OCH3 is 1. The lowest BCUT2D eigenvalue weighted by Gasteiger charge is -2.22. The Bertz CT molecular complexity index is 315. The van der Waals surface area contributed by atoms with Crippen LogP contribution < -0.4 is 5.32 Å². The average Bonchev–Trinajstić information content (AvgIpc) is 2.71. The van der Waals surface area contributed by atoms with Gasteiger partial charge in [-0.25, -0.2) is 0 Å². The van der Waals surface area contributed by atoms with Crippen LogP contribution in [-0.2, 0) is 9.53 Å². The Morgan fingerprint density at radius 3 is 2.67 bits per heavy atom. The highest BCUT2D eigenvalue weighted by Gasteiger charge is 2.36. The highest BCUT2D eigenvalue weighted by molar-refractivity contribution is 5.82. The van der Waals surface area contributed by atoms with Gasteiger partial charge < -0.3 is 15.0 Å². The molecule has 0 amide bonds. The van der Waals surface area contributed by atoms with E-state index in [1.807, 2.05) is 0 Å². The monoisotopic (exact) mass is 255 g/mol. The number of aliphatic imine (C=N–C) groups is 1. The minimum absolute atomic E-state index is 0.0485. The van der Waals surface area contributed by atoms with Crippen molar-refractivity contribution < 1.29 is 9.53 Å². The Labute approximate surface area is 110 Å². The van der Waals surface area contributed by atoms with Crippen molar-refractivity contribution in [1.29, 1.82) is 0 Å². The van der Waals surface area contributed by atoms with Gasteiger partial charge in [0.15, 0.2) is 5.96 Å². The molecule has 1 rings (SSSR count). The van der Waals surface area contributed by atoms with Gasteiger partial charge in [-0.05, 0) is 11.8 Å². The lowest BCUT2D eigenvalue weighted by molar-refractivity contribution is -0.145. The predicted octanol–water partition coefficient (Wildman–Crippen LogP) is 0.959. The van der Waals surface area contributed by atoms with Crippen LogP contribution in [0.2, 0.25) is 0 Å². The SMILES string of the molecule is CN=C(NCC(C)C)N1CC(C)C(C(=O)OC)C1. The molecule has 0 aromatic carbocycles. The van der Waals surface area contributed by atoms with Crippen LogP contribution in [0.25, 0.3) is 0 Å². The van der Waals surface area contributed by atoms with E-state index in [-0.39, 0.29) is 11.9 Å². The minimum Gasteiger partial charge on any atom is -0.469 e. The molecule has 0 aromatic rings. The van der Waals surface area contributed by atoms with Crippen molar-refractivity contribution in [2.45, 2.75) is 20.8 Å². The highest BCUT2D eigenvalue weighted by Crippen LogP contribution is 2.23. The van der Waals surface area contributed by atoms with E-state index in [1.54, 1.807) is 7.05 Å². The van der Waals surface area contributed by atoms with Crippen molar-refractivity contribution in [2.24, 2.45) is 22.7 Å². The summed E-state index contributed by atoms with van der Waals surface area (Å²) in [4.78, 5) is 18.0. The number of guanidine groups is 1. The van der Waals surface area contributed by atoms with E-state index in [4.69, 9.17) is 4.74 Å². The number of nitrogens with one attached hydrogen (secondary N) is 1. The number of carbonyl (C=O) groups is 1. The zero-order chi connectivity index (χ0) is 13.7. The van der Waals surface area contributed by atoms with Gasteiger partial charge in [0.1, 0.15) is 0 Å². The number of esters is 1. The summed E-state index contributed by atoms with van der Waals surface area (Å²) in [6.07, 6.45) is 0. The molecule has 1 fully saturated rings. The average molecular weight is 255 g/mol. The van der Waals surface area contributed by atoms with Crippen LogP contribution in [0.5, 0.6) is 0 Å². The maximum Gasteiger partial charge on any atom is 0.310 e. The molecule has 2 unspecified atom stereocenters. The third-order valence-electron chi connectivity index (χ3n) is 3.30. The maximum atomic E-state index is 11.6. The normalized spacial score (nSPS) is 24.6. The molecule has 18 heavy (non-hydrogen) atoms. The Morgan fingerprint density at radius 2 is 2.17 bits per heavy atom. The Balaban J connectivity index is 2.60. The summed E-state index contributed by atoms with van der Waals surface area (Å²) < 4.78 is 4.84. The van der Waals surface area contributed by atoms with Crippen molar-refractivity contribution in [3.05, 3.63) is 0 Å². The summed E-state index contributed by atoms with van der Waals surface area (Å²) in [5.41, 5.74) is 0. The van der Waals surface area contributed by atoms with Crippen LogP contribution >= 0.6 is 0 Å². The van der Waals surface area contributed by atoms with Gasteiger partial charge in [0.2, 0.25) is 0 Å². The molecule has 1 aliphatic rings. The van der Waals surface area contributed by atoms with E-state index in [9.17, 15) is 4.79 Å². The lowest BCUT2D eigenvalue weighted by Crippen LogP contribution is -2.42. The largest absolute Gasteiger partial charge is 0.469 e. The molecule has 2 atom stereocenters. The standard InChI is InChI=1S/C13H25N3O2/c1-9(2)6-15-13(14-4)16-7-10(3)11(8-16)12(17)18-5/h9-11H,6-8H2,1-5H3,(H,14,15). The zero-order valence-corrected chi connectivity index (χ0v) is 12.1. The molecule has 5 nitrogen and oxygen atoms in total. The maximum absolute atomic E-state index is 11.6. The molecule has 0 bridgehead atoms. The van der Waals surface area contributed by atoms with Crippen LogP contribution in [0.4, 0.5) is 0 Å². The van der Waals surface area contributed by atoms with E-state index in [0.29, 0.717) is 18.4 Å². The van der Waals surface area contributed by atoms with E-state index < -0.39 is 0 Å². The first-order chi connectivity index (χ1) is 8.49. The summed E-state index contributed by atoms with van der Waals surface area (Å²) in [6, 6.07) is 0. The highest BCUT2D eigenvalue weighted by atomic mass is 16.5. The number of ether oxygens (including phenoxy) is 1. The second-order valence-corrected chi connectivity index (χ2v) is 5.33. The first-order valence-electron chi connectivity index (χ1n) is 6.53. The molecule has 0 aliphatic carbocycles. The summed E-state index contributed by atoms with van der Waals surface area (Å²) in [5.74, 6) is 1.58. The van der Waals surface area contributed by atoms with Crippen molar-refractivity contribution in [3.63, 3.8) is 0 Å². The van der Waals surface area contributed by atoms with E-state index in [2.05, 4.69) is 36.0 Å². The Morgan fingerprint density at radius 1 is 1.50 bits per heavy atom. The number of rotatable bonds is 3. The molecule has 1 heterocycles. The molecule has 5 heteroatoms. The van der Waals surface area contributed by atoms with E-state index in [1.165, 1.54) is 7.11 Å². The number of hydrogen-bond donors (Lipinski definition) is 1. The first kappa shape index (κ1) is 14.8. The zero-order valence-electron chi connectivity index (χ0n) is 12.1. The number of nitrogens with zero attached hydrogens (tertiary/aromatic N) is 2. The molecule has 1 N–H and O–H groups in total. The van der Waals surface area contributed by atoms with Crippen molar-refractivity contribution in [3.8, 4) is 0 Å². The van der Waals surface area contributed by atoms with Gasteiger partial charge in [-0.15, -0.1) is 0 Å². The fraction of sp³-hybridized carbons (Fsp3) is 0.846. The Hall–Kier alpha value is -1.26. The molecule has 1 aliphatic heterocycles. The summed E-state index contributed by atoms with van der Waals surface area (Å²) in [6.45, 7) is 8.81. The molecule has 104 valence electrons. The fourth-order valence-electron chi connectivity index (χ4n) is 2.23. The quantitative estimate of drug-likeness (QED) is 0.463. The first-order valence-corrected chi connectivity index (χ1v) is 6.53. The van der Waals surface area contributed by atoms with Crippen LogP contribution in [0.15, 0.2) is 4.99 Å². The predicted molar refractivity (Wildman–Crippen MR) is 72.4 cm³/mol. The fourth-order valence-corrected chi connectivity index (χ4v) is 2.23. The van der Waals surface area contributed by atoms with E-state index >= 15 is 0 Å². The second kappa shape index (κ2) is 6.61. The second-order valence-electron chi connectivity index (χ2n) is 5.33. The summed E-state index contributed by atoms with van der Waals surface area (Å²) in [5, 5.41) is 3.33. The molecular formula is C13H25N3O2. The van der Waals surface area contributed by atoms with Gasteiger partial charge in [-0.2, -0.15) is 0 Å². The number of carbonyl (C=O) groups excluding carboxylic acids is 1. The van der Waals surface area contributed by atoms with Crippen molar-refractivity contribution in [2.75, 3.05) is 33.8 Å². The van der Waals surface area contributed by atoms with Crippen LogP contribution in [0, 0.1) is 17.8 Å².